The molecule has 0 fully saturated rings. The smallest absolute Gasteiger partial charge is 0.167 e. The second-order valence-corrected chi connectivity index (χ2v) is 4.31. The third-order valence-corrected chi connectivity index (χ3v) is 2.95. The summed E-state index contributed by atoms with van der Waals surface area (Å²) >= 11 is 6.01. The molecule has 18 heavy (non-hydrogen) atoms. The molecule has 2 N–H and O–H groups in total. The van der Waals surface area contributed by atoms with Gasteiger partial charge in [0.25, 0.3) is 0 Å². The van der Waals surface area contributed by atoms with Gasteiger partial charge in [0.2, 0.25) is 0 Å². The van der Waals surface area contributed by atoms with Gasteiger partial charge in [0.1, 0.15) is 5.75 Å². The fraction of sp³-hybridized carbons (Fsp3) is 0.143. The molecular formula is C14H13ClFNO. The largest absolute Gasteiger partial charge is 0.454 e. The van der Waals surface area contributed by atoms with E-state index in [1.807, 2.05) is 6.92 Å². The van der Waals surface area contributed by atoms with Crippen LogP contribution >= 0.6 is 11.6 Å². The van der Waals surface area contributed by atoms with Crippen LogP contribution in [-0.4, -0.2) is 0 Å². The fourth-order valence-electron chi connectivity index (χ4n) is 1.61. The van der Waals surface area contributed by atoms with Crippen LogP contribution in [0.15, 0.2) is 36.4 Å². The molecule has 0 heterocycles. The summed E-state index contributed by atoms with van der Waals surface area (Å²) in [6, 6.07) is 9.58. The first-order chi connectivity index (χ1) is 8.60. The highest BCUT2D eigenvalue weighted by Crippen LogP contribution is 2.29. The Kier molecular flexibility index (Phi) is 3.72. The molecule has 0 saturated carbocycles. The zero-order valence-electron chi connectivity index (χ0n) is 9.91. The minimum atomic E-state index is -0.483. The van der Waals surface area contributed by atoms with Crippen molar-refractivity contribution in [2.24, 2.45) is 0 Å². The predicted octanol–water partition coefficient (Wildman–Crippen LogP) is 4.42. The second-order valence-electron chi connectivity index (χ2n) is 3.90. The second kappa shape index (κ2) is 5.27. The van der Waals surface area contributed by atoms with E-state index in [0.29, 0.717) is 16.5 Å². The molecule has 0 aromatic heterocycles. The van der Waals surface area contributed by atoms with Gasteiger partial charge in [-0.15, -0.1) is 0 Å². The van der Waals surface area contributed by atoms with E-state index in [9.17, 15) is 4.39 Å². The number of rotatable bonds is 3. The van der Waals surface area contributed by atoms with Crippen LogP contribution < -0.4 is 10.5 Å². The highest BCUT2D eigenvalue weighted by Gasteiger charge is 2.07. The lowest BCUT2D eigenvalue weighted by molar-refractivity contribution is 0.442. The molecular weight excluding hydrogens is 253 g/mol. The molecule has 0 aliphatic rings. The molecule has 0 radical (unpaired) electrons. The van der Waals surface area contributed by atoms with Gasteiger partial charge >= 0.3 is 0 Å². The van der Waals surface area contributed by atoms with Gasteiger partial charge < -0.3 is 10.5 Å². The molecule has 0 aliphatic carbocycles. The van der Waals surface area contributed by atoms with E-state index in [0.717, 1.165) is 12.0 Å². The lowest BCUT2D eigenvalue weighted by atomic mass is 10.1. The Labute approximate surface area is 110 Å². The topological polar surface area (TPSA) is 35.2 Å². The van der Waals surface area contributed by atoms with Crippen LogP contribution in [0.2, 0.25) is 5.02 Å². The minimum Gasteiger partial charge on any atom is -0.454 e. The van der Waals surface area contributed by atoms with Crippen molar-refractivity contribution in [1.29, 1.82) is 0 Å². The summed E-state index contributed by atoms with van der Waals surface area (Å²) in [7, 11) is 0. The lowest BCUT2D eigenvalue weighted by Gasteiger charge is -2.09. The van der Waals surface area contributed by atoms with Crippen LogP contribution in [0.25, 0.3) is 0 Å². The normalized spacial score (nSPS) is 10.4. The Bertz CT molecular complexity index is 572. The lowest BCUT2D eigenvalue weighted by Crippen LogP contribution is -1.92. The number of anilines is 1. The van der Waals surface area contributed by atoms with Crippen molar-refractivity contribution < 1.29 is 9.13 Å². The maximum Gasteiger partial charge on any atom is 0.167 e. The number of ether oxygens (including phenoxy) is 1. The molecule has 94 valence electrons. The van der Waals surface area contributed by atoms with Crippen molar-refractivity contribution in [2.75, 3.05) is 5.73 Å². The SMILES string of the molecule is CCc1cc(Oc2ccc(N)cc2F)ccc1Cl. The minimum absolute atomic E-state index is 0.147. The number of halogens is 2. The predicted molar refractivity (Wildman–Crippen MR) is 71.7 cm³/mol. The van der Waals surface area contributed by atoms with E-state index in [-0.39, 0.29) is 5.75 Å². The molecule has 0 unspecified atom stereocenters. The van der Waals surface area contributed by atoms with Gasteiger partial charge in [0, 0.05) is 16.8 Å². The molecule has 2 aromatic carbocycles. The molecule has 0 aliphatic heterocycles. The summed E-state index contributed by atoms with van der Waals surface area (Å²) in [5, 5.41) is 0.683. The Morgan fingerprint density at radius 3 is 2.67 bits per heavy atom. The van der Waals surface area contributed by atoms with Gasteiger partial charge in [-0.25, -0.2) is 4.39 Å². The third-order valence-electron chi connectivity index (χ3n) is 2.58. The van der Waals surface area contributed by atoms with Crippen LogP contribution in [0.3, 0.4) is 0 Å². The first-order valence-electron chi connectivity index (χ1n) is 5.61. The van der Waals surface area contributed by atoms with Crippen molar-refractivity contribution in [3.63, 3.8) is 0 Å². The van der Waals surface area contributed by atoms with Crippen LogP contribution in [0, 0.1) is 5.82 Å². The summed E-state index contributed by atoms with van der Waals surface area (Å²) in [5.41, 5.74) is 6.80. The van der Waals surface area contributed by atoms with Crippen LogP contribution in [0.1, 0.15) is 12.5 Å². The van der Waals surface area contributed by atoms with Crippen LogP contribution in [-0.2, 0) is 6.42 Å². The van der Waals surface area contributed by atoms with Crippen molar-refractivity contribution in [1.82, 2.24) is 0 Å². The molecule has 0 bridgehead atoms. The van der Waals surface area contributed by atoms with Crippen molar-refractivity contribution in [2.45, 2.75) is 13.3 Å². The summed E-state index contributed by atoms with van der Waals surface area (Å²) < 4.78 is 19.0. The molecule has 2 rings (SSSR count). The monoisotopic (exact) mass is 265 g/mol. The van der Waals surface area contributed by atoms with E-state index in [4.69, 9.17) is 22.1 Å². The zero-order valence-corrected chi connectivity index (χ0v) is 10.7. The molecule has 2 nitrogen and oxygen atoms in total. The summed E-state index contributed by atoms with van der Waals surface area (Å²) in [6.45, 7) is 1.99. The molecule has 0 spiro atoms. The summed E-state index contributed by atoms with van der Waals surface area (Å²) in [5.74, 6) is 0.219. The summed E-state index contributed by atoms with van der Waals surface area (Å²) in [6.07, 6.45) is 0.792. The Morgan fingerprint density at radius 2 is 2.00 bits per heavy atom. The van der Waals surface area contributed by atoms with E-state index < -0.39 is 5.82 Å². The van der Waals surface area contributed by atoms with Gasteiger partial charge in [-0.2, -0.15) is 0 Å². The average molecular weight is 266 g/mol. The Hall–Kier alpha value is -1.74. The molecule has 0 amide bonds. The summed E-state index contributed by atoms with van der Waals surface area (Å²) in [4.78, 5) is 0. The van der Waals surface area contributed by atoms with Crippen molar-refractivity contribution in [3.05, 3.63) is 52.8 Å². The van der Waals surface area contributed by atoms with Gasteiger partial charge in [-0.3, -0.25) is 0 Å². The quantitative estimate of drug-likeness (QED) is 0.834. The van der Waals surface area contributed by atoms with Gasteiger partial charge in [-0.05, 0) is 42.3 Å². The number of benzene rings is 2. The molecule has 2 aromatic rings. The van der Waals surface area contributed by atoms with Gasteiger partial charge in [0.15, 0.2) is 11.6 Å². The maximum atomic E-state index is 13.6. The highest BCUT2D eigenvalue weighted by atomic mass is 35.5. The Balaban J connectivity index is 2.28. The Morgan fingerprint density at radius 1 is 1.22 bits per heavy atom. The molecule has 0 atom stereocenters. The maximum absolute atomic E-state index is 13.6. The number of aryl methyl sites for hydroxylation is 1. The molecule has 0 saturated heterocycles. The fourth-order valence-corrected chi connectivity index (χ4v) is 1.86. The number of hydrogen-bond donors (Lipinski definition) is 1. The van der Waals surface area contributed by atoms with Crippen molar-refractivity contribution in [3.8, 4) is 11.5 Å². The number of hydrogen-bond acceptors (Lipinski definition) is 2. The van der Waals surface area contributed by atoms with E-state index in [2.05, 4.69) is 0 Å². The average Bonchev–Trinajstić information content (AvgIpc) is 2.35. The van der Waals surface area contributed by atoms with E-state index in [1.165, 1.54) is 12.1 Å². The number of nitrogen functional groups attached to an aromatic ring is 1. The first kappa shape index (κ1) is 12.7. The van der Waals surface area contributed by atoms with Crippen LogP contribution in [0.5, 0.6) is 11.5 Å². The zero-order chi connectivity index (χ0) is 13.1. The standard InChI is InChI=1S/C14H13ClFNO/c1-2-9-7-11(4-5-12(9)15)18-14-6-3-10(17)8-13(14)16/h3-8H,2,17H2,1H3. The highest BCUT2D eigenvalue weighted by molar-refractivity contribution is 6.31. The third kappa shape index (κ3) is 2.74. The van der Waals surface area contributed by atoms with Crippen molar-refractivity contribution >= 4 is 17.3 Å². The molecule has 4 heteroatoms. The first-order valence-corrected chi connectivity index (χ1v) is 5.99. The van der Waals surface area contributed by atoms with Gasteiger partial charge in [-0.1, -0.05) is 18.5 Å². The number of nitrogens with two attached hydrogens (primary N) is 1. The van der Waals surface area contributed by atoms with E-state index in [1.54, 1.807) is 24.3 Å². The van der Waals surface area contributed by atoms with Crippen LogP contribution in [0.4, 0.5) is 10.1 Å². The van der Waals surface area contributed by atoms with E-state index >= 15 is 0 Å². The van der Waals surface area contributed by atoms with Gasteiger partial charge in [0.05, 0.1) is 0 Å².